The van der Waals surface area contributed by atoms with Crippen molar-refractivity contribution < 1.29 is 10.2 Å². The lowest BCUT2D eigenvalue weighted by atomic mass is 10.1. The molecule has 6 aromatic rings. The van der Waals surface area contributed by atoms with Gasteiger partial charge in [-0.15, -0.1) is 11.6 Å². The monoisotopic (exact) mass is 600 g/mol. The Bertz CT molecular complexity index is 1910. The molecule has 0 aliphatic carbocycles. The molecule has 4 aromatic heterocycles. The fourth-order valence-corrected chi connectivity index (χ4v) is 5.01. The number of aromatic hydroxyl groups is 2. The second kappa shape index (κ2) is 13.0. The van der Waals surface area contributed by atoms with E-state index in [1.54, 1.807) is 24.3 Å². The maximum absolute atomic E-state index is 9.97. The van der Waals surface area contributed by atoms with Crippen LogP contribution in [0.2, 0.25) is 0 Å². The average Bonchev–Trinajstić information content (AvgIpc) is 3.47. The topological polar surface area (TPSA) is 165 Å². The third-order valence-corrected chi connectivity index (χ3v) is 7.02. The number of halogens is 1. The van der Waals surface area contributed by atoms with Crippen LogP contribution in [0.15, 0.2) is 48.5 Å². The fraction of sp³-hybridized carbons (Fsp3) is 0.250. The number of nitrogens with zero attached hydrogens (tertiary/aromatic N) is 5. The summed E-state index contributed by atoms with van der Waals surface area (Å²) < 4.78 is 1.89. The first-order valence-electron chi connectivity index (χ1n) is 13.7. The number of nitrogen functional groups attached to an aromatic ring is 2. The van der Waals surface area contributed by atoms with Gasteiger partial charge in [-0.1, -0.05) is 12.1 Å². The molecule has 0 amide bonds. The summed E-state index contributed by atoms with van der Waals surface area (Å²) in [7, 11) is 0. The maximum Gasteiger partial charge on any atom is 0.201 e. The van der Waals surface area contributed by atoms with Crippen LogP contribution in [-0.4, -0.2) is 39.7 Å². The van der Waals surface area contributed by atoms with Crippen molar-refractivity contribution in [3.63, 3.8) is 0 Å². The summed E-state index contributed by atoms with van der Waals surface area (Å²) in [5, 5.41) is 19.1. The number of aromatic nitrogens is 6. The van der Waals surface area contributed by atoms with E-state index >= 15 is 0 Å². The summed E-state index contributed by atoms with van der Waals surface area (Å²) in [6.07, 6.45) is 0. The molecule has 0 fully saturated rings. The molecule has 2 aromatic carbocycles. The van der Waals surface area contributed by atoms with E-state index in [-0.39, 0.29) is 17.4 Å². The van der Waals surface area contributed by atoms with Crippen LogP contribution in [0.5, 0.6) is 11.5 Å². The highest BCUT2D eigenvalue weighted by Gasteiger charge is 2.13. The highest BCUT2D eigenvalue weighted by atomic mass is 35.5. The Morgan fingerprint density at radius 3 is 1.88 bits per heavy atom. The summed E-state index contributed by atoms with van der Waals surface area (Å²) >= 11 is 5.48. The van der Waals surface area contributed by atoms with Gasteiger partial charge in [-0.2, -0.15) is 0 Å². The van der Waals surface area contributed by atoms with Gasteiger partial charge in [0.05, 0.1) is 40.2 Å². The number of alkyl halides is 1. The quantitative estimate of drug-likeness (QED) is 0.148. The van der Waals surface area contributed by atoms with Gasteiger partial charge >= 0.3 is 0 Å². The Labute approximate surface area is 255 Å². The van der Waals surface area contributed by atoms with Gasteiger partial charge in [0.15, 0.2) is 5.95 Å². The molecule has 0 bridgehead atoms. The molecule has 0 aliphatic rings. The standard InChI is InChI=1S/C16H18N4O.C9H11N3.C7H8ClNO/c1-9-6-10(2)15-13(7-9)20(16(17)19-15)8-12-14(21)5-4-11(3)18-12;1-5-3-6(2)8-7(4-5)11-9(10)12-8;1-5-2-3-7(10)6(4-8)9-5/h4-7,21H,8H2,1-3H3,(H2,17,19);3-4H,1-2H3,(H3,10,11,12);2-3,10H,4H2,1H3. The molecule has 0 atom stereocenters. The van der Waals surface area contributed by atoms with E-state index in [4.69, 9.17) is 28.2 Å². The van der Waals surface area contributed by atoms with E-state index in [9.17, 15) is 5.11 Å². The third kappa shape index (κ3) is 7.34. The Morgan fingerprint density at radius 2 is 1.28 bits per heavy atom. The summed E-state index contributed by atoms with van der Waals surface area (Å²) in [6, 6.07) is 15.1. The van der Waals surface area contributed by atoms with Gasteiger partial charge in [0, 0.05) is 11.4 Å². The number of nitrogens with one attached hydrogen (secondary N) is 1. The van der Waals surface area contributed by atoms with Crippen molar-refractivity contribution in [2.24, 2.45) is 0 Å². The van der Waals surface area contributed by atoms with Crippen LogP contribution >= 0.6 is 11.6 Å². The highest BCUT2D eigenvalue weighted by Crippen LogP contribution is 2.26. The number of aryl methyl sites for hydroxylation is 6. The second-order valence-electron chi connectivity index (χ2n) is 10.6. The van der Waals surface area contributed by atoms with Gasteiger partial charge in [-0.05, 0) is 100 Å². The molecule has 4 heterocycles. The molecule has 0 unspecified atom stereocenters. The van der Waals surface area contributed by atoms with Crippen molar-refractivity contribution in [3.8, 4) is 11.5 Å². The molecule has 11 heteroatoms. The van der Waals surface area contributed by atoms with Gasteiger partial charge in [0.1, 0.15) is 17.2 Å². The summed E-state index contributed by atoms with van der Waals surface area (Å²) in [5.74, 6) is 1.51. The van der Waals surface area contributed by atoms with Crippen LogP contribution in [0.1, 0.15) is 45.0 Å². The van der Waals surface area contributed by atoms with E-state index in [1.807, 2.05) is 45.3 Å². The lowest BCUT2D eigenvalue weighted by molar-refractivity contribution is 0.461. The van der Waals surface area contributed by atoms with Crippen LogP contribution in [-0.2, 0) is 12.4 Å². The summed E-state index contributed by atoms with van der Waals surface area (Å²) in [4.78, 5) is 20.0. The van der Waals surface area contributed by atoms with Crippen molar-refractivity contribution in [2.45, 2.75) is 54.0 Å². The normalized spacial score (nSPS) is 10.8. The third-order valence-electron chi connectivity index (χ3n) is 6.77. The van der Waals surface area contributed by atoms with Crippen LogP contribution in [0.3, 0.4) is 0 Å². The minimum Gasteiger partial charge on any atom is -0.506 e. The van der Waals surface area contributed by atoms with Crippen molar-refractivity contribution in [1.82, 2.24) is 29.5 Å². The van der Waals surface area contributed by atoms with Crippen LogP contribution in [0.25, 0.3) is 22.1 Å². The first-order valence-corrected chi connectivity index (χ1v) is 14.2. The van der Waals surface area contributed by atoms with Crippen LogP contribution in [0, 0.1) is 41.5 Å². The number of H-pyrrole nitrogens is 1. The number of hydrogen-bond donors (Lipinski definition) is 5. The Morgan fingerprint density at radius 1 is 0.721 bits per heavy atom. The number of aromatic amines is 1. The Kier molecular flexibility index (Phi) is 9.40. The number of rotatable bonds is 3. The Balaban J connectivity index is 0.000000163. The number of nitrogens with two attached hydrogens (primary N) is 2. The molecular weight excluding hydrogens is 564 g/mol. The molecule has 6 rings (SSSR count). The van der Waals surface area contributed by atoms with Crippen molar-refractivity contribution >= 4 is 45.6 Å². The van der Waals surface area contributed by atoms with Crippen LogP contribution in [0.4, 0.5) is 11.9 Å². The second-order valence-corrected chi connectivity index (χ2v) is 10.8. The first-order chi connectivity index (χ1) is 20.4. The average molecular weight is 601 g/mol. The number of hydrogen-bond acceptors (Lipinski definition) is 8. The molecule has 0 spiro atoms. The minimum absolute atomic E-state index is 0.167. The molecule has 7 N–H and O–H groups in total. The lowest BCUT2D eigenvalue weighted by Gasteiger charge is -2.09. The van der Waals surface area contributed by atoms with E-state index in [0.717, 1.165) is 50.1 Å². The number of fused-ring (bicyclic) bond motifs is 2. The van der Waals surface area contributed by atoms with E-state index in [2.05, 4.69) is 50.0 Å². The minimum atomic E-state index is 0.167. The summed E-state index contributed by atoms with van der Waals surface area (Å²) in [5.41, 5.74) is 23.0. The van der Waals surface area contributed by atoms with E-state index < -0.39 is 0 Å². The molecule has 0 saturated carbocycles. The molecule has 0 radical (unpaired) electrons. The molecule has 0 aliphatic heterocycles. The molecular formula is C32H37ClN8O2. The summed E-state index contributed by atoms with van der Waals surface area (Å²) in [6.45, 7) is 12.3. The van der Waals surface area contributed by atoms with Gasteiger partial charge in [0.25, 0.3) is 0 Å². The smallest absolute Gasteiger partial charge is 0.201 e. The van der Waals surface area contributed by atoms with Crippen molar-refractivity contribution in [2.75, 3.05) is 11.5 Å². The van der Waals surface area contributed by atoms with Crippen molar-refractivity contribution in [1.29, 1.82) is 0 Å². The Hall–Kier alpha value is -4.83. The SMILES string of the molecule is Cc1cc(C)c2nc(N)[nH]c2c1.Cc1cc(C)c2nc(N)n(Cc3nc(C)ccc3O)c2c1.Cc1ccc(O)c(CCl)n1. The number of anilines is 2. The number of imidazole rings is 2. The largest absolute Gasteiger partial charge is 0.506 e. The maximum atomic E-state index is 9.97. The van der Waals surface area contributed by atoms with Crippen molar-refractivity contribution in [3.05, 3.63) is 93.6 Å². The predicted molar refractivity (Wildman–Crippen MR) is 174 cm³/mol. The molecule has 10 nitrogen and oxygen atoms in total. The first kappa shape index (κ1) is 31.1. The zero-order valence-electron chi connectivity index (χ0n) is 25.2. The van der Waals surface area contributed by atoms with E-state index in [1.165, 1.54) is 5.56 Å². The van der Waals surface area contributed by atoms with Gasteiger partial charge in [0.2, 0.25) is 5.95 Å². The molecule has 0 saturated heterocycles. The number of benzene rings is 2. The zero-order chi connectivity index (χ0) is 31.4. The molecule has 224 valence electrons. The van der Waals surface area contributed by atoms with Crippen LogP contribution < -0.4 is 11.5 Å². The fourth-order valence-electron chi connectivity index (χ4n) is 4.81. The van der Waals surface area contributed by atoms with Gasteiger partial charge < -0.3 is 31.2 Å². The number of pyridine rings is 2. The van der Waals surface area contributed by atoms with Gasteiger partial charge in [-0.3, -0.25) is 9.97 Å². The highest BCUT2D eigenvalue weighted by molar-refractivity contribution is 6.17. The van der Waals surface area contributed by atoms with E-state index in [0.29, 0.717) is 29.8 Å². The van der Waals surface area contributed by atoms with Gasteiger partial charge in [-0.25, -0.2) is 9.97 Å². The zero-order valence-corrected chi connectivity index (χ0v) is 26.0. The lowest BCUT2D eigenvalue weighted by Crippen LogP contribution is -2.06. The predicted octanol–water partition coefficient (Wildman–Crippen LogP) is 6.29. The molecule has 43 heavy (non-hydrogen) atoms.